The molecule has 4 N–H and O–H groups in total. The fourth-order valence-electron chi connectivity index (χ4n) is 2.60. The normalized spacial score (nSPS) is 19.8. The third-order valence-electron chi connectivity index (χ3n) is 3.44. The highest BCUT2D eigenvalue weighted by molar-refractivity contribution is 5.98. The van der Waals surface area contributed by atoms with Crippen LogP contribution < -0.4 is 10.6 Å². The second-order valence-electron chi connectivity index (χ2n) is 4.64. The molecule has 0 aromatic carbocycles. The molecule has 2 heterocycles. The van der Waals surface area contributed by atoms with Crippen molar-refractivity contribution in [2.24, 2.45) is 5.73 Å². The van der Waals surface area contributed by atoms with Crippen molar-refractivity contribution in [3.8, 4) is 0 Å². The summed E-state index contributed by atoms with van der Waals surface area (Å²) in [6.07, 6.45) is 5.81. The number of nitrogens with one attached hydrogen (secondary N) is 1. The van der Waals surface area contributed by atoms with Crippen LogP contribution in [-0.2, 0) is 0 Å². The van der Waals surface area contributed by atoms with Gasteiger partial charge in [-0.3, -0.25) is 10.4 Å². The van der Waals surface area contributed by atoms with Crippen LogP contribution in [-0.4, -0.2) is 35.1 Å². The summed E-state index contributed by atoms with van der Waals surface area (Å²) in [5.74, 6) is -0.000998. The van der Waals surface area contributed by atoms with Crippen LogP contribution in [0.25, 0.3) is 0 Å². The molecule has 0 saturated carbocycles. The SMILES string of the molecule is N=C(N)c1ncccc1N1CCCCC1CCO. The zero-order valence-electron chi connectivity index (χ0n) is 10.5. The molecule has 1 aromatic rings. The summed E-state index contributed by atoms with van der Waals surface area (Å²) in [5.41, 5.74) is 7.05. The molecule has 1 saturated heterocycles. The zero-order chi connectivity index (χ0) is 13.0. The van der Waals surface area contributed by atoms with E-state index in [-0.39, 0.29) is 12.4 Å². The van der Waals surface area contributed by atoms with Crippen LogP contribution in [0.2, 0.25) is 0 Å². The number of aromatic nitrogens is 1. The van der Waals surface area contributed by atoms with Crippen molar-refractivity contribution in [2.45, 2.75) is 31.7 Å². The van der Waals surface area contributed by atoms with Crippen molar-refractivity contribution >= 4 is 11.5 Å². The number of nitrogens with two attached hydrogens (primary N) is 1. The van der Waals surface area contributed by atoms with E-state index in [0.717, 1.165) is 31.5 Å². The van der Waals surface area contributed by atoms with E-state index in [1.807, 2.05) is 12.1 Å². The summed E-state index contributed by atoms with van der Waals surface area (Å²) >= 11 is 0. The lowest BCUT2D eigenvalue weighted by Crippen LogP contribution is -2.41. The maximum Gasteiger partial charge on any atom is 0.143 e. The van der Waals surface area contributed by atoms with Gasteiger partial charge in [0.1, 0.15) is 11.5 Å². The van der Waals surface area contributed by atoms with Crippen molar-refractivity contribution in [2.75, 3.05) is 18.1 Å². The fourth-order valence-corrected chi connectivity index (χ4v) is 2.60. The summed E-state index contributed by atoms with van der Waals surface area (Å²) in [5, 5.41) is 16.8. The van der Waals surface area contributed by atoms with Crippen LogP contribution in [0.1, 0.15) is 31.4 Å². The number of piperidine rings is 1. The summed E-state index contributed by atoms with van der Waals surface area (Å²) in [6, 6.07) is 4.15. The average molecular weight is 248 g/mol. The Morgan fingerprint density at radius 2 is 2.39 bits per heavy atom. The van der Waals surface area contributed by atoms with E-state index in [9.17, 15) is 0 Å². The molecular weight excluding hydrogens is 228 g/mol. The molecule has 0 aliphatic carbocycles. The minimum Gasteiger partial charge on any atom is -0.396 e. The van der Waals surface area contributed by atoms with E-state index in [2.05, 4.69) is 9.88 Å². The minimum atomic E-state index is -0.000998. The number of pyridine rings is 1. The molecule has 5 nitrogen and oxygen atoms in total. The van der Waals surface area contributed by atoms with Gasteiger partial charge in [0.2, 0.25) is 0 Å². The molecule has 1 aliphatic heterocycles. The lowest BCUT2D eigenvalue weighted by atomic mass is 9.98. The predicted octanol–water partition coefficient (Wildman–Crippen LogP) is 1.11. The Balaban J connectivity index is 2.30. The van der Waals surface area contributed by atoms with Gasteiger partial charge in [-0.1, -0.05) is 0 Å². The topological polar surface area (TPSA) is 86.2 Å². The Hall–Kier alpha value is -1.62. The van der Waals surface area contributed by atoms with E-state index in [1.54, 1.807) is 6.20 Å². The summed E-state index contributed by atoms with van der Waals surface area (Å²) in [7, 11) is 0. The highest BCUT2D eigenvalue weighted by Gasteiger charge is 2.24. The Labute approximate surface area is 107 Å². The van der Waals surface area contributed by atoms with Crippen molar-refractivity contribution in [3.63, 3.8) is 0 Å². The molecular formula is C13H20N4O. The largest absolute Gasteiger partial charge is 0.396 e. The smallest absolute Gasteiger partial charge is 0.143 e. The van der Waals surface area contributed by atoms with E-state index < -0.39 is 0 Å². The monoisotopic (exact) mass is 248 g/mol. The van der Waals surface area contributed by atoms with Gasteiger partial charge in [-0.05, 0) is 37.8 Å². The second kappa shape index (κ2) is 5.82. The first kappa shape index (κ1) is 12.8. The lowest BCUT2D eigenvalue weighted by molar-refractivity contribution is 0.262. The number of aliphatic hydroxyl groups excluding tert-OH is 1. The average Bonchev–Trinajstić information content (AvgIpc) is 2.40. The maximum atomic E-state index is 9.15. The number of aliphatic hydroxyl groups is 1. The van der Waals surface area contributed by atoms with Crippen LogP contribution in [0, 0.1) is 5.41 Å². The standard InChI is InChI=1S/C13H20N4O/c14-13(15)12-11(5-3-7-16-12)17-8-2-1-4-10(17)6-9-18/h3,5,7,10,18H,1-2,4,6,8-9H2,(H3,14,15). The molecule has 1 atom stereocenters. The van der Waals surface area contributed by atoms with E-state index >= 15 is 0 Å². The number of nitrogen functional groups attached to an aromatic ring is 1. The zero-order valence-corrected chi connectivity index (χ0v) is 10.5. The van der Waals surface area contributed by atoms with Crippen LogP contribution in [0.15, 0.2) is 18.3 Å². The van der Waals surface area contributed by atoms with Gasteiger partial charge in [-0.2, -0.15) is 0 Å². The third kappa shape index (κ3) is 2.61. The Kier molecular flexibility index (Phi) is 4.15. The summed E-state index contributed by atoms with van der Waals surface area (Å²) in [6.45, 7) is 1.13. The number of anilines is 1. The van der Waals surface area contributed by atoms with Crippen molar-refractivity contribution < 1.29 is 5.11 Å². The first-order valence-corrected chi connectivity index (χ1v) is 6.41. The van der Waals surface area contributed by atoms with Crippen molar-refractivity contribution in [3.05, 3.63) is 24.0 Å². The van der Waals surface area contributed by atoms with Crippen LogP contribution >= 0.6 is 0 Å². The van der Waals surface area contributed by atoms with Crippen molar-refractivity contribution in [1.82, 2.24) is 4.98 Å². The second-order valence-corrected chi connectivity index (χ2v) is 4.64. The van der Waals surface area contributed by atoms with Gasteiger partial charge in [0.05, 0.1) is 5.69 Å². The molecule has 5 heteroatoms. The molecule has 2 rings (SSSR count). The lowest BCUT2D eigenvalue weighted by Gasteiger charge is -2.38. The maximum absolute atomic E-state index is 9.15. The van der Waals surface area contributed by atoms with Crippen LogP contribution in [0.4, 0.5) is 5.69 Å². The Morgan fingerprint density at radius 1 is 1.56 bits per heavy atom. The number of nitrogens with zero attached hydrogens (tertiary/aromatic N) is 2. The molecule has 98 valence electrons. The molecule has 1 aliphatic rings. The van der Waals surface area contributed by atoms with Gasteiger partial charge >= 0.3 is 0 Å². The molecule has 0 spiro atoms. The number of rotatable bonds is 4. The molecule has 0 bridgehead atoms. The van der Waals surface area contributed by atoms with Gasteiger partial charge in [-0.25, -0.2) is 0 Å². The quantitative estimate of drug-likeness (QED) is 0.550. The Morgan fingerprint density at radius 3 is 3.11 bits per heavy atom. The van der Waals surface area contributed by atoms with Gasteiger partial charge in [0.15, 0.2) is 0 Å². The number of amidine groups is 1. The summed E-state index contributed by atoms with van der Waals surface area (Å²) < 4.78 is 0. The van der Waals surface area contributed by atoms with Gasteiger partial charge < -0.3 is 15.7 Å². The summed E-state index contributed by atoms with van der Waals surface area (Å²) in [4.78, 5) is 6.43. The van der Waals surface area contributed by atoms with E-state index in [4.69, 9.17) is 16.2 Å². The molecule has 1 fully saturated rings. The van der Waals surface area contributed by atoms with Crippen molar-refractivity contribution in [1.29, 1.82) is 5.41 Å². The fraction of sp³-hybridized carbons (Fsp3) is 0.538. The first-order chi connectivity index (χ1) is 8.74. The number of hydrogen-bond acceptors (Lipinski definition) is 4. The highest BCUT2D eigenvalue weighted by atomic mass is 16.3. The molecule has 1 aromatic heterocycles. The minimum absolute atomic E-state index is 0.000998. The molecule has 0 radical (unpaired) electrons. The van der Waals surface area contributed by atoms with Crippen LogP contribution in [0.3, 0.4) is 0 Å². The predicted molar refractivity (Wildman–Crippen MR) is 71.9 cm³/mol. The molecule has 18 heavy (non-hydrogen) atoms. The Bertz CT molecular complexity index is 419. The van der Waals surface area contributed by atoms with Gasteiger partial charge in [-0.15, -0.1) is 0 Å². The number of hydrogen-bond donors (Lipinski definition) is 3. The van der Waals surface area contributed by atoms with Crippen LogP contribution in [0.5, 0.6) is 0 Å². The van der Waals surface area contributed by atoms with E-state index in [1.165, 1.54) is 6.42 Å². The van der Waals surface area contributed by atoms with Gasteiger partial charge in [0.25, 0.3) is 0 Å². The molecule has 0 amide bonds. The van der Waals surface area contributed by atoms with E-state index in [0.29, 0.717) is 11.7 Å². The first-order valence-electron chi connectivity index (χ1n) is 6.41. The van der Waals surface area contributed by atoms with Gasteiger partial charge in [0, 0.05) is 25.4 Å². The third-order valence-corrected chi connectivity index (χ3v) is 3.44. The highest BCUT2D eigenvalue weighted by Crippen LogP contribution is 2.28. The molecule has 1 unspecified atom stereocenters.